The molecular formula is C17H19N3O2S. The summed E-state index contributed by atoms with van der Waals surface area (Å²) in [4.78, 5) is 26.1. The fourth-order valence-corrected chi connectivity index (χ4v) is 2.71. The summed E-state index contributed by atoms with van der Waals surface area (Å²) in [6.07, 6.45) is 0. The van der Waals surface area contributed by atoms with E-state index in [0.29, 0.717) is 11.3 Å². The van der Waals surface area contributed by atoms with Gasteiger partial charge in [0.1, 0.15) is 0 Å². The minimum atomic E-state index is -0.394. The standard InChI is InChI=1S/C17H19N3O2S/c1-20(2)13-7-5-6-12(10-13)17(22)19-14-8-3-4-9-15(14)23-11-16(18)21/h3-10H,11H2,1-2H3,(H2,18,21)(H,19,22). The quantitative estimate of drug-likeness (QED) is 0.799. The minimum absolute atomic E-state index is 0.170. The minimum Gasteiger partial charge on any atom is -0.378 e. The third-order valence-electron chi connectivity index (χ3n) is 3.13. The number of carbonyl (C=O) groups is 2. The van der Waals surface area contributed by atoms with Crippen LogP contribution in [0.2, 0.25) is 0 Å². The van der Waals surface area contributed by atoms with Gasteiger partial charge < -0.3 is 16.0 Å². The van der Waals surface area contributed by atoms with E-state index in [-0.39, 0.29) is 11.7 Å². The molecule has 0 radical (unpaired) electrons. The molecule has 23 heavy (non-hydrogen) atoms. The number of rotatable bonds is 6. The van der Waals surface area contributed by atoms with Crippen LogP contribution < -0.4 is 16.0 Å². The van der Waals surface area contributed by atoms with Crippen molar-refractivity contribution in [3.8, 4) is 0 Å². The highest BCUT2D eigenvalue weighted by atomic mass is 32.2. The van der Waals surface area contributed by atoms with Crippen molar-refractivity contribution < 1.29 is 9.59 Å². The summed E-state index contributed by atoms with van der Waals surface area (Å²) >= 11 is 1.30. The third-order valence-corrected chi connectivity index (χ3v) is 4.23. The normalized spacial score (nSPS) is 10.2. The smallest absolute Gasteiger partial charge is 0.255 e. The molecule has 0 aliphatic heterocycles. The molecule has 2 aromatic carbocycles. The molecule has 2 aromatic rings. The summed E-state index contributed by atoms with van der Waals surface area (Å²) in [7, 11) is 3.85. The molecule has 0 aliphatic rings. The van der Waals surface area contributed by atoms with Gasteiger partial charge in [-0.2, -0.15) is 0 Å². The number of para-hydroxylation sites is 1. The van der Waals surface area contributed by atoms with E-state index in [0.717, 1.165) is 10.6 Å². The molecule has 3 N–H and O–H groups in total. The van der Waals surface area contributed by atoms with Crippen LogP contribution in [0.1, 0.15) is 10.4 Å². The maximum atomic E-state index is 12.4. The predicted molar refractivity (Wildman–Crippen MR) is 95.1 cm³/mol. The Morgan fingerprint density at radius 2 is 1.87 bits per heavy atom. The van der Waals surface area contributed by atoms with Gasteiger partial charge in [0.05, 0.1) is 11.4 Å². The van der Waals surface area contributed by atoms with Gasteiger partial charge in [-0.05, 0) is 30.3 Å². The second-order valence-electron chi connectivity index (χ2n) is 5.15. The lowest BCUT2D eigenvalue weighted by Gasteiger charge is -2.14. The first-order chi connectivity index (χ1) is 11.0. The van der Waals surface area contributed by atoms with Gasteiger partial charge in [0.15, 0.2) is 0 Å². The fraction of sp³-hybridized carbons (Fsp3) is 0.176. The van der Waals surface area contributed by atoms with E-state index >= 15 is 0 Å². The monoisotopic (exact) mass is 329 g/mol. The number of hydrogen-bond donors (Lipinski definition) is 2. The van der Waals surface area contributed by atoms with E-state index in [1.54, 1.807) is 12.1 Å². The van der Waals surface area contributed by atoms with E-state index in [4.69, 9.17) is 5.73 Å². The molecule has 0 spiro atoms. The highest BCUT2D eigenvalue weighted by molar-refractivity contribution is 8.00. The highest BCUT2D eigenvalue weighted by Gasteiger charge is 2.11. The number of carbonyl (C=O) groups excluding carboxylic acids is 2. The lowest BCUT2D eigenvalue weighted by Crippen LogP contribution is -2.15. The van der Waals surface area contributed by atoms with Crippen molar-refractivity contribution in [3.05, 3.63) is 54.1 Å². The van der Waals surface area contributed by atoms with Gasteiger partial charge in [-0.1, -0.05) is 18.2 Å². The summed E-state index contributed by atoms with van der Waals surface area (Å²) < 4.78 is 0. The Hall–Kier alpha value is -2.47. The number of nitrogens with one attached hydrogen (secondary N) is 1. The molecule has 2 rings (SSSR count). The Morgan fingerprint density at radius 1 is 1.13 bits per heavy atom. The number of thioether (sulfide) groups is 1. The number of amides is 2. The van der Waals surface area contributed by atoms with Gasteiger partial charge in [-0.25, -0.2) is 0 Å². The first kappa shape index (κ1) is 16.9. The fourth-order valence-electron chi connectivity index (χ4n) is 1.96. The van der Waals surface area contributed by atoms with Gasteiger partial charge in [0.25, 0.3) is 5.91 Å². The summed E-state index contributed by atoms with van der Waals surface area (Å²) in [6.45, 7) is 0. The van der Waals surface area contributed by atoms with E-state index in [2.05, 4.69) is 5.32 Å². The van der Waals surface area contributed by atoms with Crippen LogP contribution in [0.3, 0.4) is 0 Å². The SMILES string of the molecule is CN(C)c1cccc(C(=O)Nc2ccccc2SCC(N)=O)c1. The molecule has 5 nitrogen and oxygen atoms in total. The number of anilines is 2. The van der Waals surface area contributed by atoms with Crippen molar-refractivity contribution in [2.75, 3.05) is 30.1 Å². The molecule has 0 atom stereocenters. The summed E-state index contributed by atoms with van der Waals surface area (Å²) in [5.74, 6) is -0.418. The number of benzene rings is 2. The van der Waals surface area contributed by atoms with Gasteiger partial charge in [0.2, 0.25) is 5.91 Å². The van der Waals surface area contributed by atoms with Crippen molar-refractivity contribution in [3.63, 3.8) is 0 Å². The van der Waals surface area contributed by atoms with Crippen LogP contribution in [0.15, 0.2) is 53.4 Å². The van der Waals surface area contributed by atoms with Crippen LogP contribution >= 0.6 is 11.8 Å². The molecule has 2 amide bonds. The zero-order valence-corrected chi connectivity index (χ0v) is 13.9. The van der Waals surface area contributed by atoms with E-state index < -0.39 is 5.91 Å². The van der Waals surface area contributed by atoms with Crippen LogP contribution in [-0.4, -0.2) is 31.7 Å². The number of hydrogen-bond acceptors (Lipinski definition) is 4. The van der Waals surface area contributed by atoms with E-state index in [1.165, 1.54) is 11.8 Å². The molecule has 0 heterocycles. The molecule has 0 fully saturated rings. The highest BCUT2D eigenvalue weighted by Crippen LogP contribution is 2.27. The summed E-state index contributed by atoms with van der Waals surface area (Å²) in [5, 5.41) is 2.89. The Morgan fingerprint density at radius 3 is 2.57 bits per heavy atom. The van der Waals surface area contributed by atoms with Crippen molar-refractivity contribution in [1.82, 2.24) is 0 Å². The Bertz CT molecular complexity index is 716. The molecule has 0 saturated heterocycles. The van der Waals surface area contributed by atoms with Gasteiger partial charge in [-0.3, -0.25) is 9.59 Å². The predicted octanol–water partition coefficient (Wildman–Crippen LogP) is 2.58. The zero-order valence-electron chi connectivity index (χ0n) is 13.1. The summed E-state index contributed by atoms with van der Waals surface area (Å²) in [5.41, 5.74) is 7.37. The second kappa shape index (κ2) is 7.69. The molecule has 0 aliphatic carbocycles. The van der Waals surface area contributed by atoms with Gasteiger partial charge >= 0.3 is 0 Å². The Balaban J connectivity index is 2.17. The Kier molecular flexibility index (Phi) is 5.65. The average Bonchev–Trinajstić information content (AvgIpc) is 2.54. The molecule has 120 valence electrons. The van der Waals surface area contributed by atoms with Crippen LogP contribution in [0.5, 0.6) is 0 Å². The van der Waals surface area contributed by atoms with E-state index in [1.807, 2.05) is 55.4 Å². The number of nitrogens with two attached hydrogens (primary N) is 1. The first-order valence-electron chi connectivity index (χ1n) is 7.06. The molecular weight excluding hydrogens is 310 g/mol. The van der Waals surface area contributed by atoms with Crippen molar-refractivity contribution in [2.45, 2.75) is 4.90 Å². The Labute approximate surface area is 139 Å². The number of primary amides is 1. The van der Waals surface area contributed by atoms with Crippen LogP contribution in [-0.2, 0) is 4.79 Å². The first-order valence-corrected chi connectivity index (χ1v) is 8.05. The van der Waals surface area contributed by atoms with Crippen molar-refractivity contribution in [2.24, 2.45) is 5.73 Å². The van der Waals surface area contributed by atoms with Crippen molar-refractivity contribution in [1.29, 1.82) is 0 Å². The maximum Gasteiger partial charge on any atom is 0.255 e. The summed E-state index contributed by atoms with van der Waals surface area (Å²) in [6, 6.07) is 14.7. The van der Waals surface area contributed by atoms with Crippen molar-refractivity contribution >= 4 is 35.0 Å². The molecule has 6 heteroatoms. The third kappa shape index (κ3) is 4.75. The van der Waals surface area contributed by atoms with Crippen LogP contribution in [0.4, 0.5) is 11.4 Å². The van der Waals surface area contributed by atoms with Crippen LogP contribution in [0, 0.1) is 0 Å². The molecule has 0 bridgehead atoms. The lowest BCUT2D eigenvalue weighted by molar-refractivity contribution is -0.115. The molecule has 0 saturated carbocycles. The second-order valence-corrected chi connectivity index (χ2v) is 6.17. The average molecular weight is 329 g/mol. The molecule has 0 aromatic heterocycles. The number of nitrogens with zero attached hydrogens (tertiary/aromatic N) is 1. The van der Waals surface area contributed by atoms with E-state index in [9.17, 15) is 9.59 Å². The van der Waals surface area contributed by atoms with Crippen LogP contribution in [0.25, 0.3) is 0 Å². The lowest BCUT2D eigenvalue weighted by atomic mass is 10.1. The topological polar surface area (TPSA) is 75.4 Å². The van der Waals surface area contributed by atoms with Gasteiger partial charge in [0, 0.05) is 30.2 Å². The zero-order chi connectivity index (χ0) is 16.8. The van der Waals surface area contributed by atoms with Gasteiger partial charge in [-0.15, -0.1) is 11.8 Å². The maximum absolute atomic E-state index is 12.4. The molecule has 0 unspecified atom stereocenters. The largest absolute Gasteiger partial charge is 0.378 e.